The van der Waals surface area contributed by atoms with Crippen molar-refractivity contribution in [2.45, 2.75) is 197 Å². The topological polar surface area (TPSA) is 178 Å². The lowest BCUT2D eigenvalue weighted by molar-refractivity contribution is -0.344. The van der Waals surface area contributed by atoms with E-state index in [1.165, 1.54) is 7.11 Å². The molecule has 0 aliphatic carbocycles. The quantitative estimate of drug-likeness (QED) is 0.236. The molecule has 0 aromatic heterocycles. The third kappa shape index (κ3) is 12.7. The number of rotatable bonds is 10. The van der Waals surface area contributed by atoms with Crippen molar-refractivity contribution in [3.8, 4) is 0 Å². The maximum absolute atomic E-state index is 13.1. The van der Waals surface area contributed by atoms with Gasteiger partial charge in [0.1, 0.15) is 30.5 Å². The van der Waals surface area contributed by atoms with Crippen molar-refractivity contribution >= 4 is 5.97 Å². The van der Waals surface area contributed by atoms with Crippen LogP contribution in [0, 0.1) is 11.8 Å². The van der Waals surface area contributed by atoms with Crippen LogP contribution < -0.4 is 0 Å². The highest BCUT2D eigenvalue weighted by Gasteiger charge is 2.51. The fraction of sp³-hybridized carbons (Fsp3) is 0.884. The van der Waals surface area contributed by atoms with Crippen molar-refractivity contribution in [1.82, 2.24) is 9.80 Å². The summed E-state index contributed by atoms with van der Waals surface area (Å²) in [5, 5.41) is 45.1. The summed E-state index contributed by atoms with van der Waals surface area (Å²) in [6.07, 6.45) is 0.174. The number of aliphatic hydroxyl groups excluding tert-OH is 3. The zero-order chi connectivity index (χ0) is 43.1. The number of hydrogen-bond donors (Lipinski definition) is 4. The highest BCUT2D eigenvalue weighted by Crippen LogP contribution is 2.37. The van der Waals surface area contributed by atoms with E-state index in [4.69, 9.17) is 37.9 Å². The van der Waals surface area contributed by atoms with Gasteiger partial charge in [0, 0.05) is 26.0 Å². The summed E-state index contributed by atoms with van der Waals surface area (Å²) in [6.45, 7) is 13.1. The zero-order valence-electron chi connectivity index (χ0n) is 37.0. The first-order chi connectivity index (χ1) is 27.3. The molecule has 0 aromatic carbocycles. The van der Waals surface area contributed by atoms with Crippen molar-refractivity contribution in [2.75, 3.05) is 35.3 Å². The van der Waals surface area contributed by atoms with Crippen LogP contribution in [-0.2, 0) is 42.7 Å². The number of carbonyl (C=O) groups is 1. The van der Waals surface area contributed by atoms with Gasteiger partial charge >= 0.3 is 5.97 Å². The lowest BCUT2D eigenvalue weighted by Gasteiger charge is -2.50. The van der Waals surface area contributed by atoms with E-state index >= 15 is 0 Å². The lowest BCUT2D eigenvalue weighted by atomic mass is 9.82. The van der Waals surface area contributed by atoms with Gasteiger partial charge in [0.15, 0.2) is 18.9 Å². The van der Waals surface area contributed by atoms with Gasteiger partial charge in [-0.1, -0.05) is 44.6 Å². The Morgan fingerprint density at radius 2 is 1.53 bits per heavy atom. The molecule has 0 radical (unpaired) electrons. The highest BCUT2D eigenvalue weighted by atomic mass is 16.7. The summed E-state index contributed by atoms with van der Waals surface area (Å²) in [5.74, 6) is -0.888. The molecule has 336 valence electrons. The van der Waals surface area contributed by atoms with Crippen molar-refractivity contribution in [2.24, 2.45) is 11.8 Å². The van der Waals surface area contributed by atoms with Gasteiger partial charge in [-0.05, 0) is 93.9 Å². The van der Waals surface area contributed by atoms with Gasteiger partial charge in [-0.2, -0.15) is 0 Å². The predicted molar refractivity (Wildman–Crippen MR) is 216 cm³/mol. The number of methoxy groups -OCH3 is 1. The van der Waals surface area contributed by atoms with Gasteiger partial charge < -0.3 is 68.1 Å². The van der Waals surface area contributed by atoms with Crippen LogP contribution in [0.2, 0.25) is 0 Å². The Morgan fingerprint density at radius 3 is 2.14 bits per heavy atom. The Bertz CT molecular complexity index is 1320. The summed E-state index contributed by atoms with van der Waals surface area (Å²) >= 11 is 0. The summed E-state index contributed by atoms with van der Waals surface area (Å²) in [4.78, 5) is 17.1. The second-order valence-electron chi connectivity index (χ2n) is 17.8. The number of esters is 1. The number of ether oxygens (including phenoxy) is 8. The van der Waals surface area contributed by atoms with E-state index < -0.39 is 85.1 Å². The maximum atomic E-state index is 13.1. The molecule has 3 saturated heterocycles. The molecule has 0 spiro atoms. The molecule has 58 heavy (non-hydrogen) atoms. The molecular formula is C43H76N2O13. The molecule has 0 unspecified atom stereocenters. The smallest absolute Gasteiger partial charge is 0.308 e. The first kappa shape index (κ1) is 49.1. The van der Waals surface area contributed by atoms with Crippen molar-refractivity contribution in [3.63, 3.8) is 0 Å². The summed E-state index contributed by atoms with van der Waals surface area (Å²) in [5.41, 5.74) is -1.44. The molecule has 0 amide bonds. The molecule has 0 aromatic rings. The number of hydrogen-bond acceptors (Lipinski definition) is 15. The van der Waals surface area contributed by atoms with E-state index in [2.05, 4.69) is 32.8 Å². The van der Waals surface area contributed by atoms with Crippen molar-refractivity contribution < 1.29 is 63.1 Å². The molecule has 19 atom stereocenters. The molecule has 4 rings (SSSR count). The molecule has 4 aliphatic heterocycles. The largest absolute Gasteiger partial charge is 0.462 e. The minimum absolute atomic E-state index is 0.00438. The third-order valence-corrected chi connectivity index (χ3v) is 12.5. The van der Waals surface area contributed by atoms with Crippen LogP contribution in [0.25, 0.3) is 0 Å². The van der Waals surface area contributed by atoms with E-state index in [9.17, 15) is 25.2 Å². The van der Waals surface area contributed by atoms with Crippen LogP contribution in [0.15, 0.2) is 24.3 Å². The summed E-state index contributed by atoms with van der Waals surface area (Å²) in [6, 6.07) is -0.356. The van der Waals surface area contributed by atoms with E-state index in [0.717, 1.165) is 12.8 Å². The SMILES string of the molecule is CC[C@H]1C[C@@H](C)[C@@H](O[C@H]2CC[C@H](N(C)C)[C@@H](C)O2)/C=C\C=C/C[C@@H](C)OC(=O)C[C@@H](O)[C@H](OC)[C@H]1O[C@@H]1O[C@H](C)[C@@H](O[C@H]2C[C@@](C)(O)[C@@H](O)[C@H](C)O2)[C@H](N(C)C)[C@H]1O. The summed E-state index contributed by atoms with van der Waals surface area (Å²) in [7, 11) is 9.24. The van der Waals surface area contributed by atoms with Crippen LogP contribution in [0.1, 0.15) is 93.4 Å². The van der Waals surface area contributed by atoms with Crippen molar-refractivity contribution in [1.29, 1.82) is 0 Å². The van der Waals surface area contributed by atoms with Gasteiger partial charge in [0.25, 0.3) is 0 Å². The van der Waals surface area contributed by atoms with E-state index in [1.807, 2.05) is 57.1 Å². The number of cyclic esters (lactones) is 1. The number of nitrogens with zero attached hydrogens (tertiary/aromatic N) is 2. The minimum atomic E-state index is -1.44. The Balaban J connectivity index is 1.63. The molecule has 4 N–H and O–H groups in total. The molecule has 0 bridgehead atoms. The second kappa shape index (κ2) is 22.0. The van der Waals surface area contributed by atoms with E-state index in [0.29, 0.717) is 25.3 Å². The monoisotopic (exact) mass is 829 g/mol. The average Bonchev–Trinajstić information content (AvgIpc) is 3.13. The number of aliphatic hydroxyl groups is 4. The van der Waals surface area contributed by atoms with Crippen LogP contribution in [0.3, 0.4) is 0 Å². The predicted octanol–water partition coefficient (Wildman–Crippen LogP) is 3.15. The van der Waals surface area contributed by atoms with Gasteiger partial charge in [-0.15, -0.1) is 0 Å². The van der Waals surface area contributed by atoms with Gasteiger partial charge in [0.05, 0.1) is 54.7 Å². The molecular weight excluding hydrogens is 752 g/mol. The minimum Gasteiger partial charge on any atom is -0.462 e. The van der Waals surface area contributed by atoms with Crippen molar-refractivity contribution in [3.05, 3.63) is 24.3 Å². The third-order valence-electron chi connectivity index (χ3n) is 12.5. The standard InChI is InChI=1S/C43H76N2O13/c1-13-29-21-24(2)32(56-34-20-19-30(44(8)9)26(4)53-34)18-16-14-15-17-25(3)52-33(47)22-31(46)40(51-12)39(29)58-42-37(48)36(45(10)11)38(27(5)55-42)57-35-23-43(7,50)41(49)28(6)54-35/h14-16,18,24-32,34-42,46,48-50H,13,17,19-23H2,1-12H3/b15-14-,18-16-/t24-,25-,26-,27-,28+,29+,30+,31-,32+,34+,35+,36-,37-,38-,39+,40+,41+,42+,43-/m1/s1. The molecule has 4 aliphatic rings. The van der Waals surface area contributed by atoms with Gasteiger partial charge in [-0.25, -0.2) is 0 Å². The molecule has 15 heteroatoms. The van der Waals surface area contributed by atoms with E-state index in [1.54, 1.807) is 20.8 Å². The fourth-order valence-corrected chi connectivity index (χ4v) is 9.15. The lowest BCUT2D eigenvalue weighted by Crippen LogP contribution is -2.65. The Hall–Kier alpha value is -1.57. The summed E-state index contributed by atoms with van der Waals surface area (Å²) < 4.78 is 50.4. The van der Waals surface area contributed by atoms with E-state index in [-0.39, 0.29) is 43.2 Å². The molecule has 3 fully saturated rings. The normalized spacial score (nSPS) is 46.5. The highest BCUT2D eigenvalue weighted by molar-refractivity contribution is 5.70. The average molecular weight is 829 g/mol. The Labute approximate surface area is 346 Å². The fourth-order valence-electron chi connectivity index (χ4n) is 9.15. The molecule has 4 heterocycles. The molecule has 15 nitrogen and oxygen atoms in total. The maximum Gasteiger partial charge on any atom is 0.308 e. The number of carbonyl (C=O) groups excluding carboxylic acids is 1. The van der Waals surface area contributed by atoms with Gasteiger partial charge in [0.2, 0.25) is 0 Å². The second-order valence-corrected chi connectivity index (χ2v) is 17.8. The van der Waals surface area contributed by atoms with Gasteiger partial charge in [-0.3, -0.25) is 4.79 Å². The van der Waals surface area contributed by atoms with Crippen LogP contribution in [0.4, 0.5) is 0 Å². The Kier molecular flexibility index (Phi) is 18.6. The Morgan fingerprint density at radius 1 is 0.845 bits per heavy atom. The first-order valence-electron chi connectivity index (χ1n) is 21.4. The zero-order valence-corrected chi connectivity index (χ0v) is 37.0. The van der Waals surface area contributed by atoms with Crippen LogP contribution in [0.5, 0.6) is 0 Å². The van der Waals surface area contributed by atoms with Crippen LogP contribution in [-0.4, -0.2) is 175 Å². The van der Waals surface area contributed by atoms with Crippen LogP contribution >= 0.6 is 0 Å². The first-order valence-corrected chi connectivity index (χ1v) is 21.4. The molecule has 0 saturated carbocycles. The number of likely N-dealkylation sites (N-methyl/N-ethyl adjacent to an activating group) is 2. The number of allylic oxidation sites excluding steroid dienone is 2.